The maximum atomic E-state index is 11.7. The van der Waals surface area contributed by atoms with Crippen molar-refractivity contribution in [2.75, 3.05) is 7.11 Å². The molecule has 6 nitrogen and oxygen atoms in total. The molecule has 2 aromatic heterocycles. The molecular formula is C16H21N3O3S. The summed E-state index contributed by atoms with van der Waals surface area (Å²) < 4.78 is 12.5. The van der Waals surface area contributed by atoms with Crippen molar-refractivity contribution in [1.82, 2.24) is 14.8 Å². The second-order valence-corrected chi connectivity index (χ2v) is 7.04. The summed E-state index contributed by atoms with van der Waals surface area (Å²) in [7, 11) is 1.40. The fraction of sp³-hybridized carbons (Fsp3) is 0.562. The number of hydrogen-bond acceptors (Lipinski definition) is 6. The van der Waals surface area contributed by atoms with Gasteiger partial charge in [0, 0.05) is 6.04 Å². The van der Waals surface area contributed by atoms with Gasteiger partial charge in [-0.05, 0) is 31.9 Å². The smallest absolute Gasteiger partial charge is 0.318 e. The zero-order valence-corrected chi connectivity index (χ0v) is 14.2. The van der Waals surface area contributed by atoms with Crippen LogP contribution in [0.3, 0.4) is 0 Å². The van der Waals surface area contributed by atoms with Crippen molar-refractivity contribution in [3.05, 3.63) is 18.4 Å². The Morgan fingerprint density at radius 3 is 2.83 bits per heavy atom. The normalized spacial score (nSPS) is 17.1. The number of thioether (sulfide) groups is 1. The van der Waals surface area contributed by atoms with Crippen LogP contribution >= 0.6 is 11.8 Å². The number of aromatic nitrogens is 3. The van der Waals surface area contributed by atoms with Gasteiger partial charge < -0.3 is 9.15 Å². The van der Waals surface area contributed by atoms with Gasteiger partial charge in [0.25, 0.3) is 0 Å². The van der Waals surface area contributed by atoms with Crippen LogP contribution in [0.5, 0.6) is 0 Å². The highest BCUT2D eigenvalue weighted by molar-refractivity contribution is 8.00. The SMILES string of the molecule is COC(=O)[C@H](C)Sc1nnc(-c2ccco2)n1C1CCCCC1. The van der Waals surface area contributed by atoms with E-state index in [4.69, 9.17) is 9.15 Å². The molecule has 3 rings (SSSR count). The van der Waals surface area contributed by atoms with Gasteiger partial charge in [0.2, 0.25) is 5.82 Å². The van der Waals surface area contributed by atoms with Crippen LogP contribution in [-0.4, -0.2) is 33.1 Å². The van der Waals surface area contributed by atoms with Crippen LogP contribution in [0, 0.1) is 0 Å². The summed E-state index contributed by atoms with van der Waals surface area (Å²) in [5, 5.41) is 9.06. The Hall–Kier alpha value is -1.76. The topological polar surface area (TPSA) is 70.2 Å². The monoisotopic (exact) mass is 335 g/mol. The first-order valence-corrected chi connectivity index (χ1v) is 8.82. The molecule has 1 fully saturated rings. The molecular weight excluding hydrogens is 314 g/mol. The molecule has 124 valence electrons. The van der Waals surface area contributed by atoms with Gasteiger partial charge in [-0.25, -0.2) is 0 Å². The van der Waals surface area contributed by atoms with Crippen molar-refractivity contribution < 1.29 is 13.9 Å². The fourth-order valence-electron chi connectivity index (χ4n) is 2.97. The molecule has 0 aliphatic heterocycles. The minimum absolute atomic E-state index is 0.257. The molecule has 0 radical (unpaired) electrons. The van der Waals surface area contributed by atoms with Crippen LogP contribution in [0.2, 0.25) is 0 Å². The van der Waals surface area contributed by atoms with Gasteiger partial charge in [0.1, 0.15) is 5.25 Å². The lowest BCUT2D eigenvalue weighted by molar-refractivity contribution is -0.139. The van der Waals surface area contributed by atoms with Gasteiger partial charge in [0.15, 0.2) is 10.9 Å². The first kappa shape index (κ1) is 16.1. The number of furan rings is 1. The summed E-state index contributed by atoms with van der Waals surface area (Å²) in [5.74, 6) is 1.19. The number of ether oxygens (including phenoxy) is 1. The molecule has 2 heterocycles. The van der Waals surface area contributed by atoms with E-state index < -0.39 is 0 Å². The zero-order valence-electron chi connectivity index (χ0n) is 13.4. The first-order valence-electron chi connectivity index (χ1n) is 7.94. The summed E-state index contributed by atoms with van der Waals surface area (Å²) in [6, 6.07) is 4.09. The molecule has 1 aliphatic rings. The van der Waals surface area contributed by atoms with Gasteiger partial charge >= 0.3 is 5.97 Å². The molecule has 0 amide bonds. The second kappa shape index (κ2) is 7.21. The lowest BCUT2D eigenvalue weighted by Gasteiger charge is -2.25. The van der Waals surface area contributed by atoms with E-state index in [0.717, 1.165) is 23.8 Å². The third-order valence-electron chi connectivity index (χ3n) is 4.16. The van der Waals surface area contributed by atoms with Gasteiger partial charge in [-0.1, -0.05) is 31.0 Å². The Kier molecular flexibility index (Phi) is 5.05. The predicted octanol–water partition coefficient (Wildman–Crippen LogP) is 3.70. The highest BCUT2D eigenvalue weighted by Gasteiger charge is 2.27. The van der Waals surface area contributed by atoms with Crippen LogP contribution < -0.4 is 0 Å². The zero-order chi connectivity index (χ0) is 16.2. The highest BCUT2D eigenvalue weighted by atomic mass is 32.2. The lowest BCUT2D eigenvalue weighted by atomic mass is 9.95. The highest BCUT2D eigenvalue weighted by Crippen LogP contribution is 2.36. The molecule has 1 aliphatic carbocycles. The number of rotatable bonds is 5. The molecule has 0 saturated heterocycles. The van der Waals surface area contributed by atoms with E-state index in [-0.39, 0.29) is 11.2 Å². The van der Waals surface area contributed by atoms with Crippen LogP contribution in [-0.2, 0) is 9.53 Å². The van der Waals surface area contributed by atoms with E-state index >= 15 is 0 Å². The largest absolute Gasteiger partial charge is 0.468 e. The second-order valence-electron chi connectivity index (χ2n) is 5.73. The molecule has 0 unspecified atom stereocenters. The average molecular weight is 335 g/mol. The van der Waals surface area contributed by atoms with Crippen LogP contribution in [0.15, 0.2) is 28.0 Å². The molecule has 1 atom stereocenters. The summed E-state index contributed by atoms with van der Waals surface area (Å²) in [5.41, 5.74) is 0. The van der Waals surface area contributed by atoms with Crippen LogP contribution in [0.25, 0.3) is 11.6 Å². The van der Waals surface area contributed by atoms with Crippen molar-refractivity contribution >= 4 is 17.7 Å². The van der Waals surface area contributed by atoms with E-state index in [1.165, 1.54) is 38.1 Å². The Bertz CT molecular complexity index is 648. The van der Waals surface area contributed by atoms with E-state index in [1.807, 2.05) is 19.1 Å². The van der Waals surface area contributed by atoms with Gasteiger partial charge in [-0.2, -0.15) is 0 Å². The van der Waals surface area contributed by atoms with Crippen molar-refractivity contribution in [3.63, 3.8) is 0 Å². The van der Waals surface area contributed by atoms with Crippen LogP contribution in [0.1, 0.15) is 45.1 Å². The summed E-state index contributed by atoms with van der Waals surface area (Å²) in [6.45, 7) is 1.82. The van der Waals surface area contributed by atoms with Crippen molar-refractivity contribution in [3.8, 4) is 11.6 Å². The Morgan fingerprint density at radius 2 is 2.17 bits per heavy atom. The third-order valence-corrected chi connectivity index (χ3v) is 5.20. The molecule has 0 spiro atoms. The number of hydrogen-bond donors (Lipinski definition) is 0. The summed E-state index contributed by atoms with van der Waals surface area (Å²) >= 11 is 1.39. The minimum Gasteiger partial charge on any atom is -0.468 e. The summed E-state index contributed by atoms with van der Waals surface area (Å²) in [4.78, 5) is 11.7. The lowest BCUT2D eigenvalue weighted by Crippen LogP contribution is -2.18. The Balaban J connectivity index is 1.93. The first-order chi connectivity index (χ1) is 11.2. The molecule has 23 heavy (non-hydrogen) atoms. The van der Waals surface area contributed by atoms with Crippen LogP contribution in [0.4, 0.5) is 0 Å². The van der Waals surface area contributed by atoms with Crippen molar-refractivity contribution in [2.45, 2.75) is 55.5 Å². The third kappa shape index (κ3) is 3.44. The Morgan fingerprint density at radius 1 is 1.39 bits per heavy atom. The van der Waals surface area contributed by atoms with Crippen molar-refractivity contribution in [2.24, 2.45) is 0 Å². The van der Waals surface area contributed by atoms with E-state index in [1.54, 1.807) is 6.26 Å². The number of methoxy groups -OCH3 is 1. The molecule has 0 N–H and O–H groups in total. The summed E-state index contributed by atoms with van der Waals surface area (Å²) in [6.07, 6.45) is 7.53. The van der Waals surface area contributed by atoms with Gasteiger partial charge in [0.05, 0.1) is 13.4 Å². The standard InChI is InChI=1S/C16H21N3O3S/c1-11(15(20)21-2)23-16-18-17-14(13-9-6-10-22-13)19(16)12-7-4-3-5-8-12/h6,9-12H,3-5,7-8H2,1-2H3/t11-/m0/s1. The van der Waals surface area contributed by atoms with Gasteiger partial charge in [-0.3, -0.25) is 9.36 Å². The number of carbonyl (C=O) groups is 1. The maximum Gasteiger partial charge on any atom is 0.318 e. The van der Waals surface area contributed by atoms with Gasteiger partial charge in [-0.15, -0.1) is 10.2 Å². The Labute approximate surface area is 139 Å². The van der Waals surface area contributed by atoms with Crippen molar-refractivity contribution in [1.29, 1.82) is 0 Å². The quantitative estimate of drug-likeness (QED) is 0.613. The van der Waals surface area contributed by atoms with E-state index in [9.17, 15) is 4.79 Å². The number of carbonyl (C=O) groups excluding carboxylic acids is 1. The van der Waals surface area contributed by atoms with E-state index in [2.05, 4.69) is 14.8 Å². The number of esters is 1. The predicted molar refractivity (Wildman–Crippen MR) is 87.2 cm³/mol. The fourth-order valence-corrected chi connectivity index (χ4v) is 3.92. The molecule has 0 aromatic carbocycles. The van der Waals surface area contributed by atoms with E-state index in [0.29, 0.717) is 11.8 Å². The molecule has 0 bridgehead atoms. The maximum absolute atomic E-state index is 11.7. The minimum atomic E-state index is -0.323. The molecule has 7 heteroatoms. The molecule has 2 aromatic rings. The molecule has 1 saturated carbocycles. The average Bonchev–Trinajstić information content (AvgIpc) is 3.24. The number of nitrogens with zero attached hydrogens (tertiary/aromatic N) is 3.